The summed E-state index contributed by atoms with van der Waals surface area (Å²) in [6, 6.07) is 20.0. The molecule has 0 aliphatic carbocycles. The second kappa shape index (κ2) is 13.8. The summed E-state index contributed by atoms with van der Waals surface area (Å²) in [7, 11) is 0. The number of rotatable bonds is 7. The summed E-state index contributed by atoms with van der Waals surface area (Å²) in [5, 5.41) is 15.5. The third-order valence-electron chi connectivity index (χ3n) is 6.57. The Morgan fingerprint density at radius 1 is 0.638 bits per heavy atom. The molecular formula is C35H40N6O6. The van der Waals surface area contributed by atoms with Gasteiger partial charge in [-0.25, -0.2) is 14.3 Å². The number of hydrogen-bond acceptors (Lipinski definition) is 7. The van der Waals surface area contributed by atoms with Crippen LogP contribution in [-0.4, -0.2) is 45.0 Å². The van der Waals surface area contributed by atoms with Crippen LogP contribution < -0.4 is 21.3 Å². The van der Waals surface area contributed by atoms with Gasteiger partial charge in [-0.1, -0.05) is 12.1 Å². The Hall–Kier alpha value is -5.65. The predicted octanol–water partition coefficient (Wildman–Crippen LogP) is 7.69. The Kier molecular flexibility index (Phi) is 10.0. The van der Waals surface area contributed by atoms with Gasteiger partial charge in [0.2, 0.25) is 0 Å². The van der Waals surface area contributed by atoms with E-state index in [0.717, 1.165) is 11.1 Å². The van der Waals surface area contributed by atoms with Crippen LogP contribution in [0, 0.1) is 13.8 Å². The molecular weight excluding hydrogens is 600 g/mol. The lowest BCUT2D eigenvalue weighted by Crippen LogP contribution is -2.27. The van der Waals surface area contributed by atoms with Gasteiger partial charge in [0.15, 0.2) is 5.69 Å². The summed E-state index contributed by atoms with van der Waals surface area (Å²) in [5.74, 6) is -1.03. The second-order valence-corrected chi connectivity index (χ2v) is 12.9. The zero-order valence-electron chi connectivity index (χ0n) is 27.8. The minimum atomic E-state index is -0.662. The summed E-state index contributed by atoms with van der Waals surface area (Å²) in [4.78, 5) is 51.3. The van der Waals surface area contributed by atoms with E-state index >= 15 is 0 Å². The lowest BCUT2D eigenvalue weighted by Gasteiger charge is -2.19. The number of hydrogen-bond donors (Lipinski definition) is 4. The molecule has 47 heavy (non-hydrogen) atoms. The molecule has 0 aliphatic rings. The Labute approximate surface area is 273 Å². The number of nitrogens with one attached hydrogen (secondary N) is 4. The maximum atomic E-state index is 13.6. The largest absolute Gasteiger partial charge is 0.444 e. The zero-order valence-corrected chi connectivity index (χ0v) is 27.8. The van der Waals surface area contributed by atoms with Crippen LogP contribution in [-0.2, 0) is 9.47 Å². The molecule has 0 bridgehead atoms. The van der Waals surface area contributed by atoms with Gasteiger partial charge in [0.25, 0.3) is 11.8 Å². The van der Waals surface area contributed by atoms with Crippen molar-refractivity contribution in [3.63, 3.8) is 0 Å². The van der Waals surface area contributed by atoms with Crippen molar-refractivity contribution >= 4 is 46.8 Å². The van der Waals surface area contributed by atoms with E-state index < -0.39 is 35.2 Å². The molecule has 0 saturated heterocycles. The van der Waals surface area contributed by atoms with E-state index in [1.807, 2.05) is 26.0 Å². The molecule has 1 aromatic heterocycles. The molecule has 0 fully saturated rings. The minimum Gasteiger partial charge on any atom is -0.444 e. The number of benzene rings is 3. The van der Waals surface area contributed by atoms with Crippen LogP contribution in [0.4, 0.5) is 32.3 Å². The van der Waals surface area contributed by atoms with E-state index in [1.54, 1.807) is 96.1 Å². The Morgan fingerprint density at radius 3 is 1.64 bits per heavy atom. The first kappa shape index (κ1) is 34.2. The lowest BCUT2D eigenvalue weighted by molar-refractivity contribution is 0.0624. The average Bonchev–Trinajstić information content (AvgIpc) is 3.41. The maximum absolute atomic E-state index is 13.6. The van der Waals surface area contributed by atoms with Crippen LogP contribution in [0.1, 0.15) is 73.6 Å². The maximum Gasteiger partial charge on any atom is 0.412 e. The van der Waals surface area contributed by atoms with E-state index in [0.29, 0.717) is 28.4 Å². The molecule has 4 aromatic rings. The zero-order chi connectivity index (χ0) is 34.5. The van der Waals surface area contributed by atoms with E-state index in [9.17, 15) is 19.2 Å². The van der Waals surface area contributed by atoms with Gasteiger partial charge in [0.1, 0.15) is 16.9 Å². The summed E-state index contributed by atoms with van der Waals surface area (Å²) in [6.07, 6.45) is -1.21. The highest BCUT2D eigenvalue weighted by atomic mass is 16.6. The van der Waals surface area contributed by atoms with Crippen molar-refractivity contribution in [3.05, 3.63) is 95.3 Å². The van der Waals surface area contributed by atoms with Crippen molar-refractivity contribution in [3.8, 4) is 5.69 Å². The molecule has 246 valence electrons. The number of ether oxygens (including phenoxy) is 2. The van der Waals surface area contributed by atoms with Crippen molar-refractivity contribution in [1.29, 1.82) is 0 Å². The molecule has 0 saturated carbocycles. The first-order valence-corrected chi connectivity index (χ1v) is 15.0. The molecule has 12 nitrogen and oxygen atoms in total. The summed E-state index contributed by atoms with van der Waals surface area (Å²) in [6.45, 7) is 14.5. The molecule has 0 atom stereocenters. The van der Waals surface area contributed by atoms with Gasteiger partial charge in [-0.2, -0.15) is 5.10 Å². The van der Waals surface area contributed by atoms with Crippen molar-refractivity contribution < 1.29 is 28.7 Å². The number of nitrogens with zero attached hydrogens (tertiary/aromatic N) is 2. The van der Waals surface area contributed by atoms with Crippen LogP contribution in [0.3, 0.4) is 0 Å². The molecule has 0 unspecified atom stereocenters. The molecule has 4 N–H and O–H groups in total. The molecule has 12 heteroatoms. The Morgan fingerprint density at radius 2 is 1.13 bits per heavy atom. The van der Waals surface area contributed by atoms with E-state index in [2.05, 4.69) is 26.4 Å². The monoisotopic (exact) mass is 640 g/mol. The number of anilines is 4. The third kappa shape index (κ3) is 9.67. The molecule has 4 rings (SSSR count). The number of aryl methyl sites for hydroxylation is 1. The van der Waals surface area contributed by atoms with Crippen LogP contribution >= 0.6 is 0 Å². The van der Waals surface area contributed by atoms with Crippen LogP contribution in [0.5, 0.6) is 0 Å². The van der Waals surface area contributed by atoms with Crippen LogP contribution in [0.25, 0.3) is 5.69 Å². The van der Waals surface area contributed by atoms with Crippen molar-refractivity contribution in [2.75, 3.05) is 21.3 Å². The normalized spacial score (nSPS) is 11.3. The first-order chi connectivity index (χ1) is 22.0. The van der Waals surface area contributed by atoms with Crippen LogP contribution in [0.15, 0.2) is 72.8 Å². The average molecular weight is 641 g/mol. The number of aromatic nitrogens is 2. The fourth-order valence-electron chi connectivity index (χ4n) is 4.28. The lowest BCUT2D eigenvalue weighted by atomic mass is 10.1. The van der Waals surface area contributed by atoms with E-state index in [1.165, 1.54) is 10.7 Å². The summed E-state index contributed by atoms with van der Waals surface area (Å²) < 4.78 is 11.9. The molecule has 4 amide bonds. The third-order valence-corrected chi connectivity index (χ3v) is 6.57. The van der Waals surface area contributed by atoms with Gasteiger partial charge in [-0.05, 0) is 121 Å². The Balaban J connectivity index is 1.59. The topological polar surface area (TPSA) is 153 Å². The SMILES string of the molecule is Cc1cccc(NC(=O)c2cc(C(=O)Nc3ccc(NC(=O)OC(C)(C)C)cc3)n(-c3ccc(NC(=O)OC(C)(C)C)cc3)n2)c1C. The van der Waals surface area contributed by atoms with Crippen molar-refractivity contribution in [2.45, 2.75) is 66.6 Å². The fraction of sp³-hybridized carbons (Fsp3) is 0.286. The molecule has 1 heterocycles. The van der Waals surface area contributed by atoms with Crippen LogP contribution in [0.2, 0.25) is 0 Å². The predicted molar refractivity (Wildman–Crippen MR) is 182 cm³/mol. The number of carbonyl (C=O) groups excluding carboxylic acids is 4. The number of amides is 4. The van der Waals surface area contributed by atoms with Crippen molar-refractivity contribution in [1.82, 2.24) is 9.78 Å². The second-order valence-electron chi connectivity index (χ2n) is 12.9. The van der Waals surface area contributed by atoms with E-state index in [-0.39, 0.29) is 11.4 Å². The molecule has 0 spiro atoms. The highest BCUT2D eigenvalue weighted by molar-refractivity contribution is 6.08. The first-order valence-electron chi connectivity index (χ1n) is 15.0. The standard InChI is InChI=1S/C35H40N6O6/c1-21-10-9-11-27(22(21)2)39-30(42)28-20-29(31(43)36-23-12-14-24(15-13-23)37-32(44)46-34(3,4)5)41(40-28)26-18-16-25(17-19-26)38-33(45)47-35(6,7)8/h9-20H,1-8H3,(H,36,43)(H,37,44)(H,38,45)(H,39,42). The summed E-state index contributed by atoms with van der Waals surface area (Å²) >= 11 is 0. The quantitative estimate of drug-likeness (QED) is 0.162. The minimum absolute atomic E-state index is 0.0175. The smallest absolute Gasteiger partial charge is 0.412 e. The highest BCUT2D eigenvalue weighted by Crippen LogP contribution is 2.22. The van der Waals surface area contributed by atoms with Crippen molar-refractivity contribution in [2.24, 2.45) is 0 Å². The Bertz CT molecular complexity index is 1780. The summed E-state index contributed by atoms with van der Waals surface area (Å²) in [5.41, 5.74) is 3.20. The van der Waals surface area contributed by atoms with Gasteiger partial charge in [-0.15, -0.1) is 0 Å². The van der Waals surface area contributed by atoms with E-state index in [4.69, 9.17) is 9.47 Å². The molecule has 0 radical (unpaired) electrons. The highest BCUT2D eigenvalue weighted by Gasteiger charge is 2.22. The van der Waals surface area contributed by atoms with Gasteiger partial charge >= 0.3 is 12.2 Å². The number of carbonyl (C=O) groups is 4. The van der Waals surface area contributed by atoms with Gasteiger partial charge < -0.3 is 20.1 Å². The van der Waals surface area contributed by atoms with Gasteiger partial charge in [-0.3, -0.25) is 20.2 Å². The molecule has 0 aliphatic heterocycles. The fourth-order valence-corrected chi connectivity index (χ4v) is 4.28. The molecule has 3 aromatic carbocycles. The van der Waals surface area contributed by atoms with Gasteiger partial charge in [0.05, 0.1) is 5.69 Å². The van der Waals surface area contributed by atoms with Gasteiger partial charge in [0, 0.05) is 28.8 Å².